The van der Waals surface area contributed by atoms with Gasteiger partial charge in [-0.15, -0.1) is 0 Å². The maximum Gasteiger partial charge on any atom is 0.408 e. The first kappa shape index (κ1) is 31.3. The van der Waals surface area contributed by atoms with Gasteiger partial charge in [0.1, 0.15) is 17.7 Å². The van der Waals surface area contributed by atoms with Crippen molar-refractivity contribution in [3.8, 4) is 0 Å². The van der Waals surface area contributed by atoms with Crippen molar-refractivity contribution in [3.05, 3.63) is 114 Å². The van der Waals surface area contributed by atoms with Gasteiger partial charge in [-0.2, -0.15) is 0 Å². The van der Waals surface area contributed by atoms with Crippen LogP contribution in [0.2, 0.25) is 0 Å². The predicted molar refractivity (Wildman–Crippen MR) is 172 cm³/mol. The molecule has 0 aliphatic carbocycles. The average molecular weight is 580 g/mol. The second-order valence-corrected chi connectivity index (χ2v) is 11.7. The zero-order chi connectivity index (χ0) is 31.0. The summed E-state index contributed by atoms with van der Waals surface area (Å²) in [6.07, 6.45) is 0.166. The number of rotatable bonds is 10. The normalized spacial score (nSPS) is 12.7. The summed E-state index contributed by atoms with van der Waals surface area (Å²) in [5, 5.41) is 7.94. The quantitative estimate of drug-likeness (QED) is 0.208. The number of fused-ring (bicyclic) bond motifs is 1. The number of ether oxygens (including phenoxy) is 1. The molecule has 43 heavy (non-hydrogen) atoms. The van der Waals surface area contributed by atoms with Crippen LogP contribution in [0.1, 0.15) is 56.8 Å². The fraction of sp³-hybridized carbons (Fsp3) is 0.306. The standard InChI is InChI=1S/C36H41N3O4/c1-6-22-39(34(41)31(23-26-15-8-7-9-16-26)38-35(42)43-36(3,4)5)32(30-19-13-10-14-25(30)2)33(40)37-29-21-20-27-17-11-12-18-28(27)24-29/h7-21,24,31-32H,6,22-23H2,1-5H3,(H,37,40)(H,38,42). The first-order valence-electron chi connectivity index (χ1n) is 14.7. The molecule has 0 aromatic heterocycles. The summed E-state index contributed by atoms with van der Waals surface area (Å²) in [7, 11) is 0. The van der Waals surface area contributed by atoms with Crippen LogP contribution in [0, 0.1) is 6.92 Å². The summed E-state index contributed by atoms with van der Waals surface area (Å²) in [5.41, 5.74) is 2.38. The summed E-state index contributed by atoms with van der Waals surface area (Å²) in [5.74, 6) is -0.694. The molecule has 4 rings (SSSR count). The molecule has 0 radical (unpaired) electrons. The number of hydrogen-bond donors (Lipinski definition) is 2. The number of aryl methyl sites for hydroxylation is 1. The summed E-state index contributed by atoms with van der Waals surface area (Å²) in [4.78, 5) is 43.2. The van der Waals surface area contributed by atoms with E-state index < -0.39 is 23.8 Å². The molecule has 0 fully saturated rings. The Labute approximate surface area is 254 Å². The highest BCUT2D eigenvalue weighted by Crippen LogP contribution is 2.28. The monoisotopic (exact) mass is 579 g/mol. The van der Waals surface area contributed by atoms with Crippen molar-refractivity contribution in [2.75, 3.05) is 11.9 Å². The number of carbonyl (C=O) groups is 3. The second kappa shape index (κ2) is 14.0. The maximum atomic E-state index is 14.5. The van der Waals surface area contributed by atoms with Crippen LogP contribution in [0.25, 0.3) is 10.8 Å². The smallest absolute Gasteiger partial charge is 0.408 e. The van der Waals surface area contributed by atoms with Gasteiger partial charge in [-0.1, -0.05) is 91.9 Å². The Morgan fingerprint density at radius 1 is 0.837 bits per heavy atom. The number of benzene rings is 4. The van der Waals surface area contributed by atoms with E-state index in [4.69, 9.17) is 4.74 Å². The van der Waals surface area contributed by atoms with Gasteiger partial charge in [0, 0.05) is 18.7 Å². The lowest BCUT2D eigenvalue weighted by atomic mass is 9.96. The van der Waals surface area contributed by atoms with Gasteiger partial charge in [0.2, 0.25) is 5.91 Å². The predicted octanol–water partition coefficient (Wildman–Crippen LogP) is 7.20. The molecule has 0 aliphatic rings. The Morgan fingerprint density at radius 3 is 2.16 bits per heavy atom. The molecule has 0 saturated carbocycles. The van der Waals surface area contributed by atoms with Crippen molar-refractivity contribution in [1.29, 1.82) is 0 Å². The molecule has 3 amide bonds. The van der Waals surface area contributed by atoms with Crippen LogP contribution in [0.4, 0.5) is 10.5 Å². The third-order valence-electron chi connectivity index (χ3n) is 7.08. The molecule has 0 aliphatic heterocycles. The molecular weight excluding hydrogens is 538 g/mol. The first-order valence-corrected chi connectivity index (χ1v) is 14.7. The van der Waals surface area contributed by atoms with Crippen molar-refractivity contribution >= 4 is 34.4 Å². The first-order chi connectivity index (χ1) is 20.6. The fourth-order valence-corrected chi connectivity index (χ4v) is 5.13. The summed E-state index contributed by atoms with van der Waals surface area (Å²) >= 11 is 0. The molecule has 0 saturated heterocycles. The van der Waals surface area contributed by atoms with Crippen LogP contribution < -0.4 is 10.6 Å². The van der Waals surface area contributed by atoms with Crippen molar-refractivity contribution in [3.63, 3.8) is 0 Å². The van der Waals surface area contributed by atoms with Crippen LogP contribution in [-0.2, 0) is 20.7 Å². The second-order valence-electron chi connectivity index (χ2n) is 11.7. The van der Waals surface area contributed by atoms with E-state index in [1.807, 2.05) is 111 Å². The SMILES string of the molecule is CCCN(C(=O)C(Cc1ccccc1)NC(=O)OC(C)(C)C)C(C(=O)Nc1ccc2ccccc2c1)c1ccccc1C. The fourth-order valence-electron chi connectivity index (χ4n) is 5.13. The molecule has 224 valence electrons. The van der Waals surface area contributed by atoms with Crippen molar-refractivity contribution < 1.29 is 19.1 Å². The zero-order valence-electron chi connectivity index (χ0n) is 25.6. The van der Waals surface area contributed by atoms with Crippen LogP contribution in [-0.4, -0.2) is 41.0 Å². The molecule has 0 bridgehead atoms. The van der Waals surface area contributed by atoms with E-state index in [0.717, 1.165) is 27.5 Å². The largest absolute Gasteiger partial charge is 0.444 e. The van der Waals surface area contributed by atoms with E-state index in [1.54, 1.807) is 25.7 Å². The molecule has 2 atom stereocenters. The third kappa shape index (κ3) is 8.44. The molecule has 7 nitrogen and oxygen atoms in total. The molecule has 7 heteroatoms. The highest BCUT2D eigenvalue weighted by Gasteiger charge is 2.36. The van der Waals surface area contributed by atoms with E-state index >= 15 is 0 Å². The van der Waals surface area contributed by atoms with E-state index in [-0.39, 0.29) is 18.2 Å². The molecule has 2 N–H and O–H groups in total. The Hall–Kier alpha value is -4.65. The highest BCUT2D eigenvalue weighted by molar-refractivity contribution is 6.00. The van der Waals surface area contributed by atoms with Gasteiger partial charge >= 0.3 is 6.09 Å². The summed E-state index contributed by atoms with van der Waals surface area (Å²) in [6.45, 7) is 9.52. The topological polar surface area (TPSA) is 87.7 Å². The number of alkyl carbamates (subject to hydrolysis) is 1. The lowest BCUT2D eigenvalue weighted by molar-refractivity contribution is -0.140. The van der Waals surface area contributed by atoms with Crippen LogP contribution >= 0.6 is 0 Å². The Balaban J connectivity index is 1.72. The zero-order valence-corrected chi connectivity index (χ0v) is 25.6. The van der Waals surface area contributed by atoms with Gasteiger partial charge in [-0.25, -0.2) is 4.79 Å². The van der Waals surface area contributed by atoms with Gasteiger partial charge in [-0.3, -0.25) is 9.59 Å². The maximum absolute atomic E-state index is 14.5. The minimum absolute atomic E-state index is 0.242. The third-order valence-corrected chi connectivity index (χ3v) is 7.08. The van der Waals surface area contributed by atoms with E-state index in [2.05, 4.69) is 10.6 Å². The Morgan fingerprint density at radius 2 is 1.49 bits per heavy atom. The number of carbonyl (C=O) groups excluding carboxylic acids is 3. The van der Waals surface area contributed by atoms with Crippen LogP contribution in [0.5, 0.6) is 0 Å². The minimum atomic E-state index is -0.955. The molecule has 4 aromatic carbocycles. The van der Waals surface area contributed by atoms with E-state index in [9.17, 15) is 14.4 Å². The number of nitrogens with one attached hydrogen (secondary N) is 2. The van der Waals surface area contributed by atoms with Crippen molar-refractivity contribution in [2.45, 2.75) is 65.1 Å². The van der Waals surface area contributed by atoms with Crippen LogP contribution in [0.3, 0.4) is 0 Å². The van der Waals surface area contributed by atoms with Crippen LogP contribution in [0.15, 0.2) is 97.1 Å². The van der Waals surface area contributed by atoms with Gasteiger partial charge in [0.05, 0.1) is 0 Å². The molecular formula is C36H41N3O4. The van der Waals surface area contributed by atoms with Gasteiger partial charge in [-0.05, 0) is 73.7 Å². The van der Waals surface area contributed by atoms with Crippen molar-refractivity contribution in [1.82, 2.24) is 10.2 Å². The Kier molecular flexibility index (Phi) is 10.2. The number of anilines is 1. The highest BCUT2D eigenvalue weighted by atomic mass is 16.6. The summed E-state index contributed by atoms with van der Waals surface area (Å²) < 4.78 is 5.52. The minimum Gasteiger partial charge on any atom is -0.444 e. The van der Waals surface area contributed by atoms with Crippen molar-refractivity contribution in [2.24, 2.45) is 0 Å². The van der Waals surface area contributed by atoms with Gasteiger partial charge in [0.25, 0.3) is 5.91 Å². The lowest BCUT2D eigenvalue weighted by Gasteiger charge is -2.35. The number of nitrogens with zero attached hydrogens (tertiary/aromatic N) is 1. The number of amides is 3. The van der Waals surface area contributed by atoms with Gasteiger partial charge in [0.15, 0.2) is 0 Å². The van der Waals surface area contributed by atoms with E-state index in [0.29, 0.717) is 18.7 Å². The molecule has 0 heterocycles. The Bertz CT molecular complexity index is 1560. The average Bonchev–Trinajstić information content (AvgIpc) is 2.96. The van der Waals surface area contributed by atoms with Gasteiger partial charge < -0.3 is 20.3 Å². The lowest BCUT2D eigenvalue weighted by Crippen LogP contribution is -2.53. The molecule has 0 spiro atoms. The summed E-state index contributed by atoms with van der Waals surface area (Å²) in [6, 6.07) is 28.9. The molecule has 4 aromatic rings. The number of hydrogen-bond acceptors (Lipinski definition) is 4. The van der Waals surface area contributed by atoms with E-state index in [1.165, 1.54) is 0 Å². The molecule has 2 unspecified atom stereocenters.